The van der Waals surface area contributed by atoms with Crippen LogP contribution < -0.4 is 10.1 Å². The third kappa shape index (κ3) is 4.87. The highest BCUT2D eigenvalue weighted by atomic mass is 35.5. The Kier molecular flexibility index (Phi) is 6.63. The second-order valence-electron chi connectivity index (χ2n) is 7.55. The first kappa shape index (κ1) is 22.1. The smallest absolute Gasteiger partial charge is 0.252 e. The first-order valence-corrected chi connectivity index (χ1v) is 11.0. The maximum absolute atomic E-state index is 13.2. The minimum Gasteiger partial charge on any atom is -0.497 e. The summed E-state index contributed by atoms with van der Waals surface area (Å²) in [4.78, 5) is 18.0. The standard InChI is InChI=1S/C26H22Cl2N2O2/c1-16-6-9-24-21(12-16)22(15-25(30-24)18-4-3-5-20(13-18)32-2)26(31)29-11-10-17-7-8-19(27)14-23(17)28/h3-9,12-15H,10-11H2,1-2H3,(H,29,31). The summed E-state index contributed by atoms with van der Waals surface area (Å²) >= 11 is 12.2. The quantitative estimate of drug-likeness (QED) is 0.354. The van der Waals surface area contributed by atoms with Crippen LogP contribution in [0.3, 0.4) is 0 Å². The predicted octanol–water partition coefficient (Wildman–Crippen LogP) is 6.50. The minimum atomic E-state index is -0.155. The van der Waals surface area contributed by atoms with Gasteiger partial charge in [0.1, 0.15) is 5.75 Å². The van der Waals surface area contributed by atoms with Crippen molar-refractivity contribution in [3.63, 3.8) is 0 Å². The zero-order valence-corrected chi connectivity index (χ0v) is 19.3. The van der Waals surface area contributed by atoms with Crippen molar-refractivity contribution in [2.45, 2.75) is 13.3 Å². The molecule has 0 saturated carbocycles. The van der Waals surface area contributed by atoms with Crippen LogP contribution >= 0.6 is 23.2 Å². The molecule has 1 N–H and O–H groups in total. The van der Waals surface area contributed by atoms with Crippen LogP contribution in [0, 0.1) is 6.92 Å². The van der Waals surface area contributed by atoms with E-state index >= 15 is 0 Å². The Morgan fingerprint density at radius 1 is 1.03 bits per heavy atom. The Labute approximate surface area is 197 Å². The van der Waals surface area contributed by atoms with Crippen LogP contribution in [0.15, 0.2) is 66.7 Å². The largest absolute Gasteiger partial charge is 0.497 e. The molecule has 0 fully saturated rings. The molecule has 162 valence electrons. The monoisotopic (exact) mass is 464 g/mol. The average Bonchev–Trinajstić information content (AvgIpc) is 2.79. The van der Waals surface area contributed by atoms with Gasteiger partial charge in [-0.3, -0.25) is 4.79 Å². The number of hydrogen-bond acceptors (Lipinski definition) is 3. The van der Waals surface area contributed by atoms with E-state index in [0.29, 0.717) is 34.3 Å². The number of carbonyl (C=O) groups is 1. The molecule has 3 aromatic carbocycles. The summed E-state index contributed by atoms with van der Waals surface area (Å²) in [6.45, 7) is 2.45. The number of fused-ring (bicyclic) bond motifs is 1. The van der Waals surface area contributed by atoms with E-state index in [1.807, 2.05) is 61.5 Å². The summed E-state index contributed by atoms with van der Waals surface area (Å²) in [7, 11) is 1.63. The Morgan fingerprint density at radius 3 is 2.66 bits per heavy atom. The first-order chi connectivity index (χ1) is 15.4. The van der Waals surface area contributed by atoms with Crippen molar-refractivity contribution in [1.29, 1.82) is 0 Å². The van der Waals surface area contributed by atoms with E-state index in [4.69, 9.17) is 32.9 Å². The van der Waals surface area contributed by atoms with E-state index in [0.717, 1.165) is 33.3 Å². The Bertz CT molecular complexity index is 1300. The van der Waals surface area contributed by atoms with E-state index in [1.54, 1.807) is 19.2 Å². The molecule has 0 radical (unpaired) electrons. The van der Waals surface area contributed by atoms with Gasteiger partial charge in [-0.1, -0.05) is 53.0 Å². The van der Waals surface area contributed by atoms with Gasteiger partial charge in [-0.2, -0.15) is 0 Å². The number of rotatable bonds is 6. The number of aryl methyl sites for hydroxylation is 1. The van der Waals surface area contributed by atoms with Gasteiger partial charge < -0.3 is 10.1 Å². The number of hydrogen-bond donors (Lipinski definition) is 1. The summed E-state index contributed by atoms with van der Waals surface area (Å²) in [6, 6.07) is 20.8. The SMILES string of the molecule is COc1cccc(-c2cc(C(=O)NCCc3ccc(Cl)cc3Cl)c3cc(C)ccc3n2)c1. The van der Waals surface area contributed by atoms with Gasteiger partial charge in [0.05, 0.1) is 23.9 Å². The molecule has 6 heteroatoms. The molecule has 4 rings (SSSR count). The van der Waals surface area contributed by atoms with Gasteiger partial charge >= 0.3 is 0 Å². The highest BCUT2D eigenvalue weighted by Gasteiger charge is 2.15. The molecule has 1 heterocycles. The summed E-state index contributed by atoms with van der Waals surface area (Å²) in [5, 5.41) is 5.02. The van der Waals surface area contributed by atoms with Crippen molar-refractivity contribution in [2.24, 2.45) is 0 Å². The molecule has 0 aliphatic rings. The van der Waals surface area contributed by atoms with Crippen LogP contribution in [0.25, 0.3) is 22.2 Å². The van der Waals surface area contributed by atoms with Crippen LogP contribution in [-0.4, -0.2) is 24.5 Å². The Morgan fingerprint density at radius 2 is 1.88 bits per heavy atom. The summed E-state index contributed by atoms with van der Waals surface area (Å²) in [6.07, 6.45) is 0.604. The third-order valence-electron chi connectivity index (χ3n) is 5.27. The molecule has 32 heavy (non-hydrogen) atoms. The van der Waals surface area contributed by atoms with Gasteiger partial charge in [-0.25, -0.2) is 4.98 Å². The highest BCUT2D eigenvalue weighted by molar-refractivity contribution is 6.35. The topological polar surface area (TPSA) is 51.2 Å². The zero-order chi connectivity index (χ0) is 22.7. The highest BCUT2D eigenvalue weighted by Crippen LogP contribution is 2.28. The van der Waals surface area contributed by atoms with Crippen molar-refractivity contribution in [2.75, 3.05) is 13.7 Å². The van der Waals surface area contributed by atoms with Crippen molar-refractivity contribution >= 4 is 40.0 Å². The fourth-order valence-corrected chi connectivity index (χ4v) is 4.09. The molecule has 0 aliphatic carbocycles. The molecule has 1 aromatic heterocycles. The molecule has 0 unspecified atom stereocenters. The Hall–Kier alpha value is -3.08. The van der Waals surface area contributed by atoms with Crippen LogP contribution in [0.1, 0.15) is 21.5 Å². The fourth-order valence-electron chi connectivity index (χ4n) is 3.59. The molecule has 0 saturated heterocycles. The predicted molar refractivity (Wildman–Crippen MR) is 131 cm³/mol. The number of amides is 1. The van der Waals surface area contributed by atoms with Crippen molar-refractivity contribution in [1.82, 2.24) is 10.3 Å². The second kappa shape index (κ2) is 9.60. The molecular weight excluding hydrogens is 443 g/mol. The summed E-state index contributed by atoms with van der Waals surface area (Å²) in [5.74, 6) is 0.580. The lowest BCUT2D eigenvalue weighted by Crippen LogP contribution is -2.26. The van der Waals surface area contributed by atoms with Gasteiger partial charge in [0, 0.05) is 27.5 Å². The normalized spacial score (nSPS) is 10.9. The van der Waals surface area contributed by atoms with Gasteiger partial charge in [0.2, 0.25) is 0 Å². The average molecular weight is 465 g/mol. The van der Waals surface area contributed by atoms with E-state index in [1.165, 1.54) is 0 Å². The molecule has 0 spiro atoms. The van der Waals surface area contributed by atoms with E-state index in [9.17, 15) is 4.79 Å². The molecule has 0 aliphatic heterocycles. The van der Waals surface area contributed by atoms with Crippen molar-refractivity contribution in [3.8, 4) is 17.0 Å². The van der Waals surface area contributed by atoms with Crippen LogP contribution in [0.4, 0.5) is 0 Å². The molecule has 0 atom stereocenters. The zero-order valence-electron chi connectivity index (χ0n) is 17.8. The van der Waals surface area contributed by atoms with Crippen molar-refractivity contribution in [3.05, 3.63) is 93.5 Å². The Balaban J connectivity index is 1.64. The number of carbonyl (C=O) groups excluding carboxylic acids is 1. The third-order valence-corrected chi connectivity index (χ3v) is 5.86. The van der Waals surface area contributed by atoms with Gasteiger partial charge in [0.25, 0.3) is 5.91 Å². The number of benzene rings is 3. The number of nitrogens with one attached hydrogen (secondary N) is 1. The summed E-state index contributed by atoms with van der Waals surface area (Å²) < 4.78 is 5.34. The van der Waals surface area contributed by atoms with E-state index < -0.39 is 0 Å². The first-order valence-electron chi connectivity index (χ1n) is 10.2. The number of ether oxygens (including phenoxy) is 1. The molecular formula is C26H22Cl2N2O2. The lowest BCUT2D eigenvalue weighted by Gasteiger charge is -2.12. The lowest BCUT2D eigenvalue weighted by molar-refractivity contribution is 0.0955. The maximum Gasteiger partial charge on any atom is 0.252 e. The van der Waals surface area contributed by atoms with E-state index in [2.05, 4.69) is 5.32 Å². The molecule has 4 aromatic rings. The number of nitrogens with zero attached hydrogens (tertiary/aromatic N) is 1. The van der Waals surface area contributed by atoms with Crippen LogP contribution in [0.2, 0.25) is 10.0 Å². The van der Waals surface area contributed by atoms with Crippen LogP contribution in [0.5, 0.6) is 5.75 Å². The number of halogens is 2. The number of pyridine rings is 1. The molecule has 0 bridgehead atoms. The number of methoxy groups -OCH3 is 1. The van der Waals surface area contributed by atoms with Crippen LogP contribution in [-0.2, 0) is 6.42 Å². The summed E-state index contributed by atoms with van der Waals surface area (Å²) in [5.41, 5.74) is 4.94. The minimum absolute atomic E-state index is 0.155. The van der Waals surface area contributed by atoms with Gasteiger partial charge in [0.15, 0.2) is 0 Å². The van der Waals surface area contributed by atoms with Gasteiger partial charge in [-0.05, 0) is 61.4 Å². The van der Waals surface area contributed by atoms with E-state index in [-0.39, 0.29) is 5.91 Å². The second-order valence-corrected chi connectivity index (χ2v) is 8.39. The van der Waals surface area contributed by atoms with Crippen molar-refractivity contribution < 1.29 is 9.53 Å². The number of aromatic nitrogens is 1. The fraction of sp³-hybridized carbons (Fsp3) is 0.154. The maximum atomic E-state index is 13.2. The molecule has 4 nitrogen and oxygen atoms in total. The van der Waals surface area contributed by atoms with Gasteiger partial charge in [-0.15, -0.1) is 0 Å². The molecule has 1 amide bonds. The lowest BCUT2D eigenvalue weighted by atomic mass is 10.0.